The minimum Gasteiger partial charge on any atom is -0.493 e. The van der Waals surface area contributed by atoms with Gasteiger partial charge in [0.05, 0.1) is 105 Å². The van der Waals surface area contributed by atoms with Gasteiger partial charge in [0.1, 0.15) is 48.8 Å². The molecule has 4 N–H and O–H groups in total. The number of methoxy groups -OCH3 is 5. The van der Waals surface area contributed by atoms with Crippen LogP contribution in [-0.4, -0.2) is 252 Å². The Morgan fingerprint density at radius 2 is 1.22 bits per heavy atom. The van der Waals surface area contributed by atoms with Crippen LogP contribution in [0, 0.1) is 28.6 Å². The van der Waals surface area contributed by atoms with Crippen LogP contribution in [0.25, 0.3) is 0 Å². The fourth-order valence-corrected chi connectivity index (χ4v) is 18.9. The number of carbonyl (C=O) groups excluding carboxylic acids is 1. The second kappa shape index (κ2) is 29.4. The number of ketones is 1. The van der Waals surface area contributed by atoms with Crippen molar-refractivity contribution in [2.45, 2.75) is 336 Å². The number of aliphatic hydroxyl groups excluding tert-OH is 3. The largest absolute Gasteiger partial charge is 0.493 e. The quantitative estimate of drug-likeness (QED) is 0.123. The van der Waals surface area contributed by atoms with Crippen molar-refractivity contribution in [3.63, 3.8) is 0 Å². The van der Waals surface area contributed by atoms with Gasteiger partial charge in [-0.3, -0.25) is 4.79 Å². The molecule has 0 amide bonds. The first kappa shape index (κ1) is 72.8. The summed E-state index contributed by atoms with van der Waals surface area (Å²) in [6, 6.07) is 0. The summed E-state index contributed by atoms with van der Waals surface area (Å²) in [5.74, 6) is -0.311. The molecule has 542 valence electrons. The van der Waals surface area contributed by atoms with Crippen LogP contribution in [-0.2, 0) is 104 Å². The Morgan fingerprint density at radius 1 is 0.600 bits per heavy atom. The monoisotopic (exact) mass is 1350 g/mol. The van der Waals surface area contributed by atoms with Gasteiger partial charge in [-0.15, -0.1) is 0 Å². The van der Waals surface area contributed by atoms with Crippen LogP contribution in [0.2, 0.25) is 0 Å². The van der Waals surface area contributed by atoms with Crippen LogP contribution in [0.15, 0.2) is 23.5 Å². The Hall–Kier alpha value is -2.01. The SMILES string of the molecule is COC1=C[C@@H](C)OC(O[C@H]2CC[C@@]3(C)C(=CC[C@@H]4[C@@H]3CC[C@@]3(C)[C@H]4CC[C@]3(O)[C@H](C)O[C@H]3C[C@H]4OCO[C@@]5(C[C@@H](OC)[C@H](O[C@H]6C[C@H](OC)[C@H](O[C@H]7C[C@@H](O)[C@H](O[C@H]8C[C@H](OC)[C@H](O[C@@H]9O[C@H](C)[C@H](O)[C@H](OC)[C@H]9O)[C@@H](C)O8)[C@@H](C)O7)[C@@H](C)O6)[C@@H](C)O5)O[C@@H]4[C@@H](C)O3)C2)C1=O. The Balaban J connectivity index is 0.603. The molecular weight excluding hydrogens is 1240 g/mol. The van der Waals surface area contributed by atoms with Crippen molar-refractivity contribution in [3.05, 3.63) is 23.5 Å². The third kappa shape index (κ3) is 14.1. The first-order chi connectivity index (χ1) is 45.3. The molecule has 1 unspecified atom stereocenters. The van der Waals surface area contributed by atoms with E-state index in [4.69, 9.17) is 99.5 Å². The van der Waals surface area contributed by atoms with Gasteiger partial charge in [-0.05, 0) is 136 Å². The zero-order valence-corrected chi connectivity index (χ0v) is 58.2. The smallest absolute Gasteiger partial charge is 0.288 e. The maximum atomic E-state index is 13.1. The number of aliphatic hydroxyl groups is 4. The second-order valence-electron chi connectivity index (χ2n) is 29.7. The van der Waals surface area contributed by atoms with Crippen molar-refractivity contribution < 1.29 is 125 Å². The van der Waals surface area contributed by atoms with Gasteiger partial charge in [0.2, 0.25) is 6.29 Å². The van der Waals surface area contributed by atoms with E-state index in [1.807, 2.05) is 34.6 Å². The summed E-state index contributed by atoms with van der Waals surface area (Å²) in [6.07, 6.45) is -6.88. The van der Waals surface area contributed by atoms with E-state index in [1.165, 1.54) is 19.8 Å². The molecule has 35 atom stereocenters. The highest BCUT2D eigenvalue weighted by atomic mass is 16.9. The molecule has 95 heavy (non-hydrogen) atoms. The summed E-state index contributed by atoms with van der Waals surface area (Å²) >= 11 is 0. The third-order valence-electron chi connectivity index (χ3n) is 24.2. The van der Waals surface area contributed by atoms with Crippen molar-refractivity contribution in [2.24, 2.45) is 28.6 Å². The highest BCUT2D eigenvalue weighted by Crippen LogP contribution is 2.68. The lowest BCUT2D eigenvalue weighted by molar-refractivity contribution is -0.447. The molecule has 10 fully saturated rings. The predicted octanol–water partition coefficient (Wildman–Crippen LogP) is 5.50. The molecule has 1 spiro atoms. The van der Waals surface area contributed by atoms with E-state index in [1.54, 1.807) is 48.2 Å². The molecule has 0 radical (unpaired) electrons. The number of hydrogen-bond donors (Lipinski definition) is 4. The second-order valence-corrected chi connectivity index (χ2v) is 29.7. The minimum absolute atomic E-state index is 0.0147. The maximum absolute atomic E-state index is 13.1. The van der Waals surface area contributed by atoms with Crippen LogP contribution in [0.4, 0.5) is 0 Å². The summed E-state index contributed by atoms with van der Waals surface area (Å²) in [7, 11) is 7.68. The molecule has 8 aliphatic heterocycles. The molecule has 8 heterocycles. The van der Waals surface area contributed by atoms with Crippen molar-refractivity contribution in [2.75, 3.05) is 42.3 Å². The van der Waals surface area contributed by atoms with Crippen molar-refractivity contribution in [1.29, 1.82) is 0 Å². The molecule has 12 aliphatic rings. The van der Waals surface area contributed by atoms with Gasteiger partial charge in [0.25, 0.3) is 11.8 Å². The fraction of sp³-hybridized carbons (Fsp3) is 0.928. The van der Waals surface area contributed by atoms with Gasteiger partial charge in [-0.25, -0.2) is 0 Å². The first-order valence-corrected chi connectivity index (χ1v) is 35.1. The van der Waals surface area contributed by atoms with Crippen LogP contribution in [0.1, 0.15) is 153 Å². The van der Waals surface area contributed by atoms with Gasteiger partial charge in [-0.2, -0.15) is 0 Å². The van der Waals surface area contributed by atoms with Crippen LogP contribution < -0.4 is 0 Å². The van der Waals surface area contributed by atoms with E-state index in [-0.39, 0.29) is 60.6 Å². The van der Waals surface area contributed by atoms with Gasteiger partial charge in [0.15, 0.2) is 44.0 Å². The van der Waals surface area contributed by atoms with Gasteiger partial charge < -0.3 is 120 Å². The van der Waals surface area contributed by atoms with Crippen LogP contribution >= 0.6 is 0 Å². The molecule has 12 rings (SSSR count). The molecule has 0 aromatic heterocycles. The molecular formula is C69H110O26. The average molecular weight is 1360 g/mol. The molecule has 0 bridgehead atoms. The van der Waals surface area contributed by atoms with E-state index in [0.29, 0.717) is 37.0 Å². The van der Waals surface area contributed by atoms with E-state index < -0.39 is 171 Å². The maximum Gasteiger partial charge on any atom is 0.288 e. The Bertz CT molecular complexity index is 2640. The van der Waals surface area contributed by atoms with E-state index in [0.717, 1.165) is 44.9 Å². The fourth-order valence-electron chi connectivity index (χ4n) is 18.9. The highest BCUT2D eigenvalue weighted by molar-refractivity contribution is 5.96. The number of Topliss-reactive ketones (excluding diaryl/α,β-unsaturated/α-hetero) is 1. The molecule has 26 nitrogen and oxygen atoms in total. The summed E-state index contributed by atoms with van der Waals surface area (Å²) in [5, 5.41) is 46.0. The summed E-state index contributed by atoms with van der Waals surface area (Å²) in [4.78, 5) is 13.1. The lowest BCUT2D eigenvalue weighted by Crippen LogP contribution is -2.62. The number of rotatable bonds is 18. The molecule has 26 heteroatoms. The van der Waals surface area contributed by atoms with E-state index in [9.17, 15) is 25.2 Å². The number of allylic oxidation sites excluding steroid dienone is 1. The van der Waals surface area contributed by atoms with Gasteiger partial charge in [-0.1, -0.05) is 25.5 Å². The topological polar surface area (TPSA) is 292 Å². The molecule has 0 aromatic rings. The number of fused-ring (bicyclic) bond motifs is 6. The number of hydrogen-bond acceptors (Lipinski definition) is 26. The van der Waals surface area contributed by atoms with Crippen LogP contribution in [0.3, 0.4) is 0 Å². The number of ether oxygens (including phenoxy) is 21. The van der Waals surface area contributed by atoms with Crippen LogP contribution in [0.5, 0.6) is 0 Å². The zero-order chi connectivity index (χ0) is 67.8. The lowest BCUT2D eigenvalue weighted by atomic mass is 9.46. The Kier molecular flexibility index (Phi) is 22.5. The van der Waals surface area contributed by atoms with Crippen molar-refractivity contribution in [3.8, 4) is 0 Å². The highest BCUT2D eigenvalue weighted by Gasteiger charge is 2.66. The normalized spacial score (nSPS) is 52.3. The van der Waals surface area contributed by atoms with Crippen molar-refractivity contribution in [1.82, 2.24) is 0 Å². The summed E-state index contributed by atoms with van der Waals surface area (Å²) < 4.78 is 132. The molecule has 4 aliphatic carbocycles. The Labute approximate surface area is 559 Å². The van der Waals surface area contributed by atoms with Gasteiger partial charge in [0, 0.05) is 59.5 Å². The predicted molar refractivity (Wildman–Crippen MR) is 331 cm³/mol. The summed E-state index contributed by atoms with van der Waals surface area (Å²) in [5.41, 5.74) is -0.0157. The molecule has 3 saturated carbocycles. The van der Waals surface area contributed by atoms with Gasteiger partial charge >= 0.3 is 0 Å². The standard InChI is InChI=1S/C69H110O26/c1-32-24-46(75-11)56(72)64(82-32)89-41-18-21-66(9)40(25-41)16-17-42-43(66)19-22-67(10)44(42)20-23-68(67,74)39(8)88-52-29-49-62(37(6)86-52)95-69(81-31-80-49)30-50(78-14)61(38(7)94-69)92-54-27-47(76-12)59(35(4)84-54)91-51-26-45(70)58(34(3)83-51)90-53-28-48(77-13)60(36(5)85-53)93-65-57(73)63(79-15)55(71)33(2)87-65/h16,24,32-39,41-45,47-55,57-65,70-71,73-74H,17-23,25-31H2,1-15H3/t32-,33-,34-,35-,36-,37-,38-,39+,41+,42-,43+,44+,45-,47+,48+,49-,50-,51+,52+,53+,54+,55+,57-,58-,59-,60-,61-,62-,63+,64?,65+,66+,67+,68+,69-/m1/s1. The average Bonchev–Trinajstić information content (AvgIpc) is 1.62. The zero-order valence-electron chi connectivity index (χ0n) is 58.2. The number of carbonyl (C=O) groups is 1. The summed E-state index contributed by atoms with van der Waals surface area (Å²) in [6.45, 7) is 19.5. The van der Waals surface area contributed by atoms with E-state index >= 15 is 0 Å². The van der Waals surface area contributed by atoms with Crippen molar-refractivity contribution >= 4 is 5.78 Å². The lowest BCUT2D eigenvalue weighted by Gasteiger charge is -2.59. The third-order valence-corrected chi connectivity index (χ3v) is 24.2. The van der Waals surface area contributed by atoms with E-state index in [2.05, 4.69) is 19.9 Å². The molecule has 0 aromatic carbocycles. The first-order valence-electron chi connectivity index (χ1n) is 35.1. The molecule has 7 saturated heterocycles. The minimum atomic E-state index is -1.56. The Morgan fingerprint density at radius 3 is 1.87 bits per heavy atom.